The molecule has 0 saturated heterocycles. The summed E-state index contributed by atoms with van der Waals surface area (Å²) < 4.78 is 0. The smallest absolute Gasteiger partial charge is 0.115 e. The molecular formula is C12H12AcBr5N2O. The van der Waals surface area contributed by atoms with E-state index in [4.69, 9.17) is 0 Å². The summed E-state index contributed by atoms with van der Waals surface area (Å²) in [6.45, 7) is 1.56. The average Bonchev–Trinajstić information content (AvgIpc) is 2.39. The van der Waals surface area contributed by atoms with Crippen molar-refractivity contribution in [3.05, 3.63) is 60.7 Å². The Kier molecular flexibility index (Phi) is 12.4. The minimum atomic E-state index is -2.88. The summed E-state index contributed by atoms with van der Waals surface area (Å²) in [7, 11) is 16.9. The fourth-order valence-corrected chi connectivity index (χ4v) is 0.926. The Morgan fingerprint density at radius 2 is 1.33 bits per heavy atom. The van der Waals surface area contributed by atoms with Gasteiger partial charge in [0.25, 0.3) is 0 Å². The zero-order valence-electron chi connectivity index (χ0n) is 11.0. The number of hydrogen-bond acceptors (Lipinski definition) is 3. The summed E-state index contributed by atoms with van der Waals surface area (Å²) in [5.41, 5.74) is 0.775. The maximum Gasteiger partial charge on any atom is 0.115 e. The number of aromatic nitrogens is 2. The van der Waals surface area contributed by atoms with Crippen molar-refractivity contribution in [3.8, 4) is 0 Å². The van der Waals surface area contributed by atoms with Crippen LogP contribution in [-0.4, -0.2) is 15.8 Å². The van der Waals surface area contributed by atoms with Gasteiger partial charge in [-0.05, 0) is 13.0 Å². The first-order chi connectivity index (χ1) is 9.54. The van der Waals surface area contributed by atoms with Crippen molar-refractivity contribution >= 4 is 47.2 Å². The monoisotopic (exact) mass is 822 g/mol. The van der Waals surface area contributed by atoms with E-state index in [-0.39, 0.29) is 5.78 Å². The maximum atomic E-state index is 10.6. The first-order valence-corrected chi connectivity index (χ1v) is 56.8. The molecule has 0 N–H and O–H groups in total. The van der Waals surface area contributed by atoms with Gasteiger partial charge in [-0.15, -0.1) is 0 Å². The van der Waals surface area contributed by atoms with Crippen LogP contribution in [0.25, 0.3) is 0 Å². The molecule has 9 heteroatoms. The Morgan fingerprint density at radius 1 is 0.905 bits per heavy atom. The van der Waals surface area contributed by atoms with E-state index < -0.39 is 17.0 Å². The van der Waals surface area contributed by atoms with Gasteiger partial charge in [0.15, 0.2) is 5.78 Å². The second-order valence-electron chi connectivity index (χ2n) is 3.65. The summed E-state index contributed by atoms with van der Waals surface area (Å²) in [5, 5.41) is 0. The molecule has 1 aromatic carbocycles. The Morgan fingerprint density at radius 3 is 1.52 bits per heavy atom. The number of rotatable bonds is 1. The summed E-state index contributed by atoms with van der Waals surface area (Å²) in [6, 6.07) is 11.0. The van der Waals surface area contributed by atoms with E-state index >= 15 is 0 Å². The molecule has 0 spiro atoms. The summed E-state index contributed by atoms with van der Waals surface area (Å²) in [6.07, 6.45) is 4.88. The second-order valence-corrected chi connectivity index (χ2v) is 208. The molecule has 0 unspecified atom stereocenters. The van der Waals surface area contributed by atoms with E-state index in [1.165, 1.54) is 6.33 Å². The topological polar surface area (TPSA) is 42.9 Å². The van der Waals surface area contributed by atoms with Gasteiger partial charge < -0.3 is 0 Å². The minimum absolute atomic E-state index is 0.121. The molecule has 0 amide bonds. The number of nitrogens with zero attached hydrogens (tertiary/aromatic N) is 2. The molecule has 2 aromatic rings. The SMILES string of the molecule is CC(=O)c1ccccc1.[Br][Ac]([Br])([Br])([Br])[Br].c1cncnc1. The molecule has 0 aliphatic carbocycles. The summed E-state index contributed by atoms with van der Waals surface area (Å²) in [4.78, 5) is 18.0. The molecular weight excluding hydrogens is 815 g/mol. The van der Waals surface area contributed by atoms with Crippen LogP contribution in [0.3, 0.4) is 0 Å². The Labute approximate surface area is 143 Å². The van der Waals surface area contributed by atoms with Crippen LogP contribution in [0.5, 0.6) is 0 Å². The molecule has 0 aliphatic rings. The summed E-state index contributed by atoms with van der Waals surface area (Å²) >= 11 is -2.88. The number of carbonyl (C=O) groups excluding carboxylic acids is 1. The maximum absolute atomic E-state index is 10.6. The predicted octanol–water partition coefficient (Wildman–Crippen LogP) is 6.59. The van der Waals surface area contributed by atoms with Crippen molar-refractivity contribution in [2.24, 2.45) is 0 Å². The van der Waals surface area contributed by atoms with Crippen LogP contribution in [0.4, 0.5) is 0 Å². The van der Waals surface area contributed by atoms with Gasteiger partial charge in [-0.2, -0.15) is 0 Å². The molecule has 0 radical (unpaired) electrons. The minimum Gasteiger partial charge on any atom is -0.245 e. The van der Waals surface area contributed by atoms with E-state index in [0.29, 0.717) is 0 Å². The van der Waals surface area contributed by atoms with Crippen molar-refractivity contribution in [1.29, 1.82) is 0 Å². The third-order valence-electron chi connectivity index (χ3n) is 1.66. The van der Waals surface area contributed by atoms with Gasteiger partial charge in [0.2, 0.25) is 0 Å². The first kappa shape index (κ1) is 22.8. The number of ketones is 1. The molecule has 0 saturated carbocycles. The fraction of sp³-hybridized carbons (Fsp3) is 0.0833. The van der Waals surface area contributed by atoms with Gasteiger partial charge in [-0.3, -0.25) is 4.79 Å². The largest absolute Gasteiger partial charge is 0.245 e. The van der Waals surface area contributed by atoms with Crippen LogP contribution < -0.4 is 0 Å². The van der Waals surface area contributed by atoms with E-state index in [2.05, 4.69) is 51.3 Å². The van der Waals surface area contributed by atoms with E-state index in [9.17, 15) is 4.79 Å². The van der Waals surface area contributed by atoms with Crippen molar-refractivity contribution in [2.45, 2.75) is 6.92 Å². The number of carbonyl (C=O) groups is 1. The van der Waals surface area contributed by atoms with E-state index in [1.807, 2.05) is 30.3 Å². The molecule has 0 bridgehead atoms. The van der Waals surface area contributed by atoms with Crippen molar-refractivity contribution in [1.82, 2.24) is 9.97 Å². The van der Waals surface area contributed by atoms with Gasteiger partial charge >= 0.3 is 58.4 Å². The van der Waals surface area contributed by atoms with Crippen LogP contribution in [-0.2, 0) is 0 Å². The quantitative estimate of drug-likeness (QED) is 0.305. The van der Waals surface area contributed by atoms with Crippen molar-refractivity contribution < 1.29 is 21.8 Å². The van der Waals surface area contributed by atoms with Crippen LogP contribution in [0.15, 0.2) is 55.1 Å². The molecule has 0 atom stereocenters. The van der Waals surface area contributed by atoms with Gasteiger partial charge in [0, 0.05) is 18.0 Å². The molecule has 0 fully saturated rings. The molecule has 21 heavy (non-hydrogen) atoms. The zero-order valence-corrected chi connectivity index (χ0v) is 23.6. The molecule has 114 valence electrons. The van der Waals surface area contributed by atoms with Gasteiger partial charge in [0.05, 0.1) is 0 Å². The number of Topliss-reactive ketones (excluding diaryl/α,β-unsaturated/α-hetero) is 1. The van der Waals surface area contributed by atoms with E-state index in [0.717, 1.165) is 5.56 Å². The zero-order chi connectivity index (χ0) is 16.4. The molecule has 3 nitrogen and oxygen atoms in total. The average molecular weight is 827 g/mol. The number of hydrogen-bond donors (Lipinski definition) is 0. The van der Waals surface area contributed by atoms with Crippen LogP contribution in [0.2, 0.25) is 0 Å². The predicted molar refractivity (Wildman–Crippen MR) is 103 cm³/mol. The Bertz CT molecular complexity index is 488. The second kappa shape index (κ2) is 11.4. The normalized spacial score (nSPS) is 11.6. The standard InChI is InChI=1S/C8H8O.C4H4N2.Ac.5BrH/c1-7(9)8-5-3-2-4-6-8;1-2-5-4-6-3-1;;;;;;/h2-6H,1H3;1-4H;;5*1H/q;;+5;;;;;/p-5. The van der Waals surface area contributed by atoms with Gasteiger partial charge in [-0.25, -0.2) is 9.97 Å². The first-order valence-electron chi connectivity index (χ1n) is 5.66. The molecule has 1 heterocycles. The van der Waals surface area contributed by atoms with Crippen LogP contribution in [0, 0.1) is 17.0 Å². The van der Waals surface area contributed by atoms with Crippen LogP contribution in [0.1, 0.15) is 17.3 Å². The van der Waals surface area contributed by atoms with Crippen molar-refractivity contribution in [3.63, 3.8) is 0 Å². The number of halogens is 5. The van der Waals surface area contributed by atoms with E-state index in [1.54, 1.807) is 25.4 Å². The molecule has 1 aromatic heterocycles. The van der Waals surface area contributed by atoms with Crippen molar-refractivity contribution in [2.75, 3.05) is 0 Å². The van der Waals surface area contributed by atoms with Crippen LogP contribution >= 0.6 is 41.4 Å². The molecule has 0 aliphatic heterocycles. The third kappa shape index (κ3) is 21.8. The fourth-order valence-electron chi connectivity index (χ4n) is 0.926. The molecule has 2 rings (SSSR count). The summed E-state index contributed by atoms with van der Waals surface area (Å²) in [5.74, 6) is 0.121. The Hall–Kier alpha value is 1.81. The van der Waals surface area contributed by atoms with Gasteiger partial charge in [0.1, 0.15) is 6.33 Å². The number of benzene rings is 1. The third-order valence-corrected chi connectivity index (χ3v) is 1.66. The Balaban J connectivity index is 0.000000297. The van der Waals surface area contributed by atoms with Gasteiger partial charge in [-0.1, -0.05) is 30.3 Å².